The summed E-state index contributed by atoms with van der Waals surface area (Å²) in [4.78, 5) is 15.0. The third-order valence-electron chi connectivity index (χ3n) is 5.86. The molecular formula is C19H27NO2. The van der Waals surface area contributed by atoms with E-state index in [1.54, 1.807) is 0 Å². The van der Waals surface area contributed by atoms with Crippen LogP contribution in [0.25, 0.3) is 0 Å². The highest BCUT2D eigenvalue weighted by Gasteiger charge is 2.50. The van der Waals surface area contributed by atoms with Crippen LogP contribution in [-0.4, -0.2) is 36.6 Å². The summed E-state index contributed by atoms with van der Waals surface area (Å²) in [5, 5.41) is 0. The van der Waals surface area contributed by atoms with Crippen molar-refractivity contribution in [3.63, 3.8) is 0 Å². The first-order chi connectivity index (χ1) is 10.6. The number of carbonyl (C=O) groups is 1. The van der Waals surface area contributed by atoms with E-state index in [2.05, 4.69) is 43.9 Å². The Bertz CT molecular complexity index is 569. The summed E-state index contributed by atoms with van der Waals surface area (Å²) in [5.74, 6) is 0.241. The fraction of sp³-hybridized carbons (Fsp3) is 0.632. The average molecular weight is 301 g/mol. The van der Waals surface area contributed by atoms with Crippen LogP contribution in [0.5, 0.6) is 0 Å². The lowest BCUT2D eigenvalue weighted by molar-refractivity contribution is -0.150. The first-order valence-electron chi connectivity index (χ1n) is 8.47. The van der Waals surface area contributed by atoms with Crippen molar-refractivity contribution in [3.8, 4) is 0 Å². The quantitative estimate of drug-likeness (QED) is 0.801. The Morgan fingerprint density at radius 1 is 1.27 bits per heavy atom. The molecule has 4 atom stereocenters. The Morgan fingerprint density at radius 2 is 2.05 bits per heavy atom. The molecule has 3 nitrogen and oxygen atoms in total. The lowest BCUT2D eigenvalue weighted by Gasteiger charge is -2.43. The largest absolute Gasteiger partial charge is 0.469 e. The number of rotatable bonds is 3. The van der Waals surface area contributed by atoms with Crippen LogP contribution in [-0.2, 0) is 9.53 Å². The van der Waals surface area contributed by atoms with Crippen molar-refractivity contribution in [1.82, 2.24) is 4.90 Å². The van der Waals surface area contributed by atoms with Gasteiger partial charge in [0.15, 0.2) is 0 Å². The zero-order chi connectivity index (χ0) is 15.9. The fourth-order valence-electron chi connectivity index (χ4n) is 4.60. The van der Waals surface area contributed by atoms with Gasteiger partial charge in [0.2, 0.25) is 0 Å². The summed E-state index contributed by atoms with van der Waals surface area (Å²) in [6.45, 7) is 7.53. The van der Waals surface area contributed by atoms with Crippen LogP contribution in [0.3, 0.4) is 0 Å². The molecule has 0 unspecified atom stereocenters. The number of fused-ring (bicyclic) bond motifs is 2. The summed E-state index contributed by atoms with van der Waals surface area (Å²) in [6.07, 6.45) is 3.42. The molecule has 120 valence electrons. The summed E-state index contributed by atoms with van der Waals surface area (Å²) >= 11 is 0. The van der Waals surface area contributed by atoms with Gasteiger partial charge in [-0.1, -0.05) is 25.1 Å². The van der Waals surface area contributed by atoms with Crippen LogP contribution in [0, 0.1) is 19.8 Å². The van der Waals surface area contributed by atoms with Crippen molar-refractivity contribution < 1.29 is 9.53 Å². The highest BCUT2D eigenvalue weighted by molar-refractivity contribution is 5.75. The Labute approximate surface area is 133 Å². The molecule has 3 heteroatoms. The molecule has 2 aliphatic rings. The Morgan fingerprint density at radius 3 is 2.68 bits per heavy atom. The number of piperidine rings is 1. The molecule has 1 aromatic carbocycles. The highest BCUT2D eigenvalue weighted by atomic mass is 16.5. The lowest BCUT2D eigenvalue weighted by atomic mass is 9.75. The summed E-state index contributed by atoms with van der Waals surface area (Å²) in [6, 6.07) is 7.65. The molecule has 2 fully saturated rings. The number of carbonyl (C=O) groups excluding carboxylic acids is 1. The Kier molecular flexibility index (Phi) is 4.26. The summed E-state index contributed by atoms with van der Waals surface area (Å²) < 4.78 is 5.17. The average Bonchev–Trinajstić information content (AvgIpc) is 2.81. The van der Waals surface area contributed by atoms with Crippen molar-refractivity contribution >= 4 is 5.97 Å². The van der Waals surface area contributed by atoms with E-state index < -0.39 is 0 Å². The van der Waals surface area contributed by atoms with Gasteiger partial charge in [0.25, 0.3) is 0 Å². The number of ether oxygens (including phenoxy) is 1. The SMILES string of the molecule is CCN1[C@H]2CC[C@@H]1[C@@H](C(=O)OC)[C@@H](c1ccc(C)c(C)c1)C2. The van der Waals surface area contributed by atoms with Crippen LogP contribution in [0.1, 0.15) is 48.8 Å². The molecule has 2 bridgehead atoms. The Balaban J connectivity index is 1.98. The van der Waals surface area contributed by atoms with Crippen LogP contribution in [0.2, 0.25) is 0 Å². The van der Waals surface area contributed by atoms with Gasteiger partial charge in [0, 0.05) is 18.0 Å². The van der Waals surface area contributed by atoms with Gasteiger partial charge in [0.1, 0.15) is 0 Å². The molecule has 0 N–H and O–H groups in total. The Hall–Kier alpha value is -1.35. The van der Waals surface area contributed by atoms with Gasteiger partial charge in [-0.05, 0) is 56.3 Å². The number of benzene rings is 1. The standard InChI is InChI=1S/C19H27NO2/c1-5-20-15-8-9-17(20)18(19(21)22-4)16(11-15)14-7-6-12(2)13(3)10-14/h6-7,10,15-18H,5,8-9,11H2,1-4H3/t15-,16+,17+,18-/m0/s1. The number of esters is 1. The molecule has 0 saturated carbocycles. The molecule has 0 spiro atoms. The minimum absolute atomic E-state index is 0.0224. The minimum Gasteiger partial charge on any atom is -0.469 e. The van der Waals surface area contributed by atoms with Crippen molar-refractivity contribution in [2.45, 2.75) is 58.0 Å². The van der Waals surface area contributed by atoms with Gasteiger partial charge >= 0.3 is 5.97 Å². The third kappa shape index (κ3) is 2.45. The second-order valence-corrected chi connectivity index (χ2v) is 6.86. The zero-order valence-electron chi connectivity index (χ0n) is 14.1. The van der Waals surface area contributed by atoms with E-state index in [9.17, 15) is 4.79 Å². The maximum Gasteiger partial charge on any atom is 0.310 e. The number of hydrogen-bond donors (Lipinski definition) is 0. The first-order valence-corrected chi connectivity index (χ1v) is 8.47. The smallest absolute Gasteiger partial charge is 0.310 e. The van der Waals surface area contributed by atoms with E-state index in [0.29, 0.717) is 18.0 Å². The van der Waals surface area contributed by atoms with Crippen LogP contribution in [0.15, 0.2) is 18.2 Å². The van der Waals surface area contributed by atoms with Crippen molar-refractivity contribution in [2.24, 2.45) is 5.92 Å². The molecule has 3 rings (SSSR count). The van der Waals surface area contributed by atoms with Gasteiger partial charge in [0.05, 0.1) is 13.0 Å². The molecule has 2 saturated heterocycles. The minimum atomic E-state index is -0.0352. The second kappa shape index (κ2) is 6.04. The molecule has 0 aromatic heterocycles. The van der Waals surface area contributed by atoms with Crippen LogP contribution >= 0.6 is 0 Å². The van der Waals surface area contributed by atoms with E-state index in [4.69, 9.17) is 4.74 Å². The van der Waals surface area contributed by atoms with Crippen LogP contribution in [0.4, 0.5) is 0 Å². The van der Waals surface area contributed by atoms with Crippen molar-refractivity contribution in [2.75, 3.05) is 13.7 Å². The number of hydrogen-bond acceptors (Lipinski definition) is 3. The lowest BCUT2D eigenvalue weighted by Crippen LogP contribution is -2.50. The molecule has 0 radical (unpaired) electrons. The van der Waals surface area contributed by atoms with Crippen LogP contribution < -0.4 is 0 Å². The first kappa shape index (κ1) is 15.5. The molecular weight excluding hydrogens is 274 g/mol. The highest BCUT2D eigenvalue weighted by Crippen LogP contribution is 2.47. The summed E-state index contributed by atoms with van der Waals surface area (Å²) in [5.41, 5.74) is 3.94. The maximum absolute atomic E-state index is 12.5. The molecule has 0 aliphatic carbocycles. The van der Waals surface area contributed by atoms with Gasteiger partial charge in [-0.15, -0.1) is 0 Å². The number of nitrogens with zero attached hydrogens (tertiary/aromatic N) is 1. The van der Waals surface area contributed by atoms with E-state index in [-0.39, 0.29) is 11.9 Å². The molecule has 2 aliphatic heterocycles. The fourth-order valence-corrected chi connectivity index (χ4v) is 4.60. The normalized spacial score (nSPS) is 31.3. The van der Waals surface area contributed by atoms with Gasteiger partial charge in [-0.25, -0.2) is 0 Å². The van der Waals surface area contributed by atoms with E-state index in [0.717, 1.165) is 19.4 Å². The van der Waals surface area contributed by atoms with E-state index >= 15 is 0 Å². The maximum atomic E-state index is 12.5. The predicted octanol–water partition coefficient (Wildman–Crippen LogP) is 3.43. The molecule has 1 aromatic rings. The number of aryl methyl sites for hydroxylation is 2. The summed E-state index contributed by atoms with van der Waals surface area (Å²) in [7, 11) is 1.52. The van der Waals surface area contributed by atoms with Gasteiger partial charge in [-0.2, -0.15) is 0 Å². The van der Waals surface area contributed by atoms with Crippen molar-refractivity contribution in [1.29, 1.82) is 0 Å². The zero-order valence-corrected chi connectivity index (χ0v) is 14.1. The van der Waals surface area contributed by atoms with Gasteiger partial charge < -0.3 is 4.74 Å². The van der Waals surface area contributed by atoms with E-state index in [1.807, 2.05) is 0 Å². The third-order valence-corrected chi connectivity index (χ3v) is 5.86. The molecule has 2 heterocycles. The van der Waals surface area contributed by atoms with Gasteiger partial charge in [-0.3, -0.25) is 9.69 Å². The predicted molar refractivity (Wildman–Crippen MR) is 88.0 cm³/mol. The monoisotopic (exact) mass is 301 g/mol. The molecule has 22 heavy (non-hydrogen) atoms. The second-order valence-electron chi connectivity index (χ2n) is 6.86. The van der Waals surface area contributed by atoms with E-state index in [1.165, 1.54) is 30.2 Å². The number of methoxy groups -OCH3 is 1. The molecule has 0 amide bonds. The van der Waals surface area contributed by atoms with Crippen molar-refractivity contribution in [3.05, 3.63) is 34.9 Å². The topological polar surface area (TPSA) is 29.5 Å².